The van der Waals surface area contributed by atoms with Crippen molar-refractivity contribution in [3.05, 3.63) is 17.8 Å². The van der Waals surface area contributed by atoms with Gasteiger partial charge in [-0.25, -0.2) is 9.59 Å². The first-order valence-electron chi connectivity index (χ1n) is 6.65. The smallest absolute Gasteiger partial charge is 0.414 e. The van der Waals surface area contributed by atoms with Gasteiger partial charge >= 0.3 is 11.9 Å². The third-order valence-corrected chi connectivity index (χ3v) is 3.18. The Kier molecular flexibility index (Phi) is 4.69. The van der Waals surface area contributed by atoms with Crippen LogP contribution < -0.4 is 0 Å². The van der Waals surface area contributed by atoms with Crippen LogP contribution in [0, 0.1) is 0 Å². The summed E-state index contributed by atoms with van der Waals surface area (Å²) in [6, 6.07) is 0. The fourth-order valence-electron chi connectivity index (χ4n) is 1.92. The van der Waals surface area contributed by atoms with E-state index in [0.29, 0.717) is 5.92 Å². The van der Waals surface area contributed by atoms with E-state index in [2.05, 4.69) is 28.2 Å². The van der Waals surface area contributed by atoms with Crippen molar-refractivity contribution in [3.63, 3.8) is 0 Å². The van der Waals surface area contributed by atoms with Crippen LogP contribution in [-0.4, -0.2) is 57.3 Å². The molecule has 0 spiro atoms. The summed E-state index contributed by atoms with van der Waals surface area (Å²) in [5.41, 5.74) is 1.21. The molecule has 0 radical (unpaired) electrons. The second kappa shape index (κ2) is 6.49. The molecule has 1 aliphatic heterocycles. The van der Waals surface area contributed by atoms with E-state index in [1.165, 1.54) is 18.4 Å². The monoisotopic (exact) mass is 295 g/mol. The van der Waals surface area contributed by atoms with Crippen LogP contribution in [0.4, 0.5) is 0 Å². The molecule has 21 heavy (non-hydrogen) atoms. The summed E-state index contributed by atoms with van der Waals surface area (Å²) in [6.45, 7) is 2.06. The highest BCUT2D eigenvalue weighted by Crippen LogP contribution is 2.39. The fourth-order valence-corrected chi connectivity index (χ4v) is 1.92. The Hall–Kier alpha value is -2.22. The van der Waals surface area contributed by atoms with Crippen LogP contribution in [-0.2, 0) is 9.59 Å². The maximum absolute atomic E-state index is 9.10. The van der Waals surface area contributed by atoms with Gasteiger partial charge in [-0.1, -0.05) is 11.2 Å². The van der Waals surface area contributed by atoms with E-state index in [1.54, 1.807) is 0 Å². The first kappa shape index (κ1) is 15.2. The number of aromatic nitrogens is 2. The van der Waals surface area contributed by atoms with Crippen LogP contribution >= 0.6 is 0 Å². The van der Waals surface area contributed by atoms with Crippen LogP contribution in [0.15, 0.2) is 10.6 Å². The number of likely N-dealkylation sites (N-methyl/N-ethyl adjacent to an activating group) is 1. The second-order valence-electron chi connectivity index (χ2n) is 5.10. The summed E-state index contributed by atoms with van der Waals surface area (Å²) >= 11 is 0. The Morgan fingerprint density at radius 3 is 2.52 bits per heavy atom. The summed E-state index contributed by atoms with van der Waals surface area (Å²) in [4.78, 5) is 24.9. The van der Waals surface area contributed by atoms with Crippen molar-refractivity contribution in [2.24, 2.45) is 0 Å². The van der Waals surface area contributed by atoms with E-state index >= 15 is 0 Å². The molecule has 2 N–H and O–H groups in total. The number of carboxylic acids is 2. The van der Waals surface area contributed by atoms with Crippen molar-refractivity contribution in [2.75, 3.05) is 20.1 Å². The molecule has 1 aromatic rings. The van der Waals surface area contributed by atoms with Gasteiger partial charge in [-0.2, -0.15) is 4.98 Å². The van der Waals surface area contributed by atoms with Crippen LogP contribution in [0.5, 0.6) is 0 Å². The number of aliphatic carboxylic acids is 2. The van der Waals surface area contributed by atoms with E-state index in [4.69, 9.17) is 24.3 Å². The molecular formula is C13H17N3O5. The Morgan fingerprint density at radius 2 is 2.00 bits per heavy atom. The number of hydrogen-bond acceptors (Lipinski definition) is 6. The van der Waals surface area contributed by atoms with Crippen LogP contribution in [0.3, 0.4) is 0 Å². The Labute approximate surface area is 121 Å². The summed E-state index contributed by atoms with van der Waals surface area (Å²) in [5.74, 6) is -1.47. The molecule has 0 atom stereocenters. The topological polar surface area (TPSA) is 117 Å². The van der Waals surface area contributed by atoms with Crippen molar-refractivity contribution >= 4 is 17.5 Å². The first-order valence-corrected chi connectivity index (χ1v) is 6.65. The third kappa shape index (κ3) is 4.38. The lowest BCUT2D eigenvalue weighted by molar-refractivity contribution is -0.159. The van der Waals surface area contributed by atoms with E-state index < -0.39 is 11.9 Å². The molecule has 1 fully saturated rings. The molecule has 0 aromatic carbocycles. The molecule has 8 nitrogen and oxygen atoms in total. The third-order valence-electron chi connectivity index (χ3n) is 3.18. The molecule has 1 aliphatic carbocycles. The Morgan fingerprint density at radius 1 is 1.33 bits per heavy atom. The van der Waals surface area contributed by atoms with Gasteiger partial charge in [-0.05, 0) is 26.3 Å². The lowest BCUT2D eigenvalue weighted by Crippen LogP contribution is -2.25. The van der Waals surface area contributed by atoms with Crippen LogP contribution in [0.2, 0.25) is 0 Å². The van der Waals surface area contributed by atoms with Gasteiger partial charge in [0, 0.05) is 24.6 Å². The van der Waals surface area contributed by atoms with Crippen molar-refractivity contribution in [1.82, 2.24) is 15.0 Å². The molecule has 0 bridgehead atoms. The quantitative estimate of drug-likeness (QED) is 0.770. The zero-order valence-corrected chi connectivity index (χ0v) is 11.7. The standard InChI is InChI=1S/C11H15N3O.C2H2O4/c1-14-6-2-3-9(7-14)10-12-11(15-13-10)8-4-5-8;3-1(4)2(5)6/h3,8H,2,4-7H2,1H3;(H,3,4)(H,5,6). The molecule has 1 aromatic heterocycles. The van der Waals surface area contributed by atoms with Crippen LogP contribution in [0.1, 0.15) is 36.9 Å². The van der Waals surface area contributed by atoms with Crippen molar-refractivity contribution in [3.8, 4) is 0 Å². The molecule has 3 rings (SSSR count). The Balaban J connectivity index is 0.000000232. The number of carbonyl (C=O) groups is 2. The first-order chi connectivity index (χ1) is 9.97. The van der Waals surface area contributed by atoms with Crippen molar-refractivity contribution in [1.29, 1.82) is 0 Å². The highest BCUT2D eigenvalue weighted by molar-refractivity contribution is 6.27. The van der Waals surface area contributed by atoms with E-state index in [-0.39, 0.29) is 0 Å². The van der Waals surface area contributed by atoms with Gasteiger partial charge in [-0.3, -0.25) is 0 Å². The van der Waals surface area contributed by atoms with Crippen molar-refractivity contribution in [2.45, 2.75) is 25.2 Å². The van der Waals surface area contributed by atoms with Gasteiger partial charge in [0.25, 0.3) is 0 Å². The molecule has 2 aliphatic rings. The van der Waals surface area contributed by atoms with Gasteiger partial charge in [0.1, 0.15) is 0 Å². The van der Waals surface area contributed by atoms with Gasteiger partial charge in [0.05, 0.1) is 0 Å². The average molecular weight is 295 g/mol. The van der Waals surface area contributed by atoms with E-state index in [9.17, 15) is 0 Å². The van der Waals surface area contributed by atoms with Gasteiger partial charge in [-0.15, -0.1) is 0 Å². The second-order valence-corrected chi connectivity index (χ2v) is 5.10. The molecule has 114 valence electrons. The molecule has 0 amide bonds. The molecule has 1 saturated carbocycles. The minimum atomic E-state index is -1.82. The summed E-state index contributed by atoms with van der Waals surface area (Å²) in [5, 5.41) is 18.8. The van der Waals surface area contributed by atoms with Gasteiger partial charge in [0.2, 0.25) is 5.89 Å². The van der Waals surface area contributed by atoms with E-state index in [1.807, 2.05) is 0 Å². The van der Waals surface area contributed by atoms with E-state index in [0.717, 1.165) is 31.2 Å². The molecule has 8 heteroatoms. The highest BCUT2D eigenvalue weighted by atomic mass is 16.5. The van der Waals surface area contributed by atoms with Gasteiger partial charge in [0.15, 0.2) is 5.82 Å². The number of hydrogen-bond donors (Lipinski definition) is 2. The number of carboxylic acid groups (broad SMARTS) is 2. The molecular weight excluding hydrogens is 278 g/mol. The Bertz CT molecular complexity index is 550. The van der Waals surface area contributed by atoms with Crippen molar-refractivity contribution < 1.29 is 24.3 Å². The summed E-state index contributed by atoms with van der Waals surface area (Å²) in [6.07, 6.45) is 5.72. The normalized spacial score (nSPS) is 18.4. The maximum Gasteiger partial charge on any atom is 0.414 e. The zero-order chi connectivity index (χ0) is 15.4. The SMILES string of the molecule is CN1CCC=C(c2noc(C3CC3)n2)C1.O=C(O)C(=O)O. The zero-order valence-electron chi connectivity index (χ0n) is 11.7. The summed E-state index contributed by atoms with van der Waals surface area (Å²) in [7, 11) is 2.12. The van der Waals surface area contributed by atoms with Crippen LogP contribution in [0.25, 0.3) is 5.57 Å². The minimum Gasteiger partial charge on any atom is -0.473 e. The fraction of sp³-hybridized carbons (Fsp3) is 0.538. The highest BCUT2D eigenvalue weighted by Gasteiger charge is 2.30. The maximum atomic E-state index is 9.10. The predicted octanol–water partition coefficient (Wildman–Crippen LogP) is 0.822. The van der Waals surface area contributed by atoms with Gasteiger partial charge < -0.3 is 19.6 Å². The minimum absolute atomic E-state index is 0.549. The lowest BCUT2D eigenvalue weighted by Gasteiger charge is -2.20. The largest absolute Gasteiger partial charge is 0.473 e. The summed E-state index contributed by atoms with van der Waals surface area (Å²) < 4.78 is 5.26. The predicted molar refractivity (Wildman–Crippen MR) is 71.6 cm³/mol. The average Bonchev–Trinajstić information content (AvgIpc) is 3.17. The lowest BCUT2D eigenvalue weighted by atomic mass is 10.1. The molecule has 2 heterocycles. The number of rotatable bonds is 2. The molecule has 0 unspecified atom stereocenters. The number of nitrogens with zero attached hydrogens (tertiary/aromatic N) is 3. The molecule has 0 saturated heterocycles.